The summed E-state index contributed by atoms with van der Waals surface area (Å²) in [6.07, 6.45) is 0. The van der Waals surface area contributed by atoms with E-state index in [0.717, 1.165) is 0 Å². The fraction of sp³-hybridized carbons (Fsp3) is 0.174. The van der Waals surface area contributed by atoms with Gasteiger partial charge in [0.25, 0.3) is 0 Å². The summed E-state index contributed by atoms with van der Waals surface area (Å²) in [5.41, 5.74) is 2.63. The van der Waals surface area contributed by atoms with Crippen LogP contribution in [0.4, 0.5) is 4.39 Å². The summed E-state index contributed by atoms with van der Waals surface area (Å²) in [5, 5.41) is 25.6. The lowest BCUT2D eigenvalue weighted by Crippen LogP contribution is -2.05. The van der Waals surface area contributed by atoms with Crippen molar-refractivity contribution in [2.45, 2.75) is 20.5 Å². The average Bonchev–Trinajstić information content (AvgIpc) is 3.48. The molecule has 5 aromatic rings. The van der Waals surface area contributed by atoms with Crippen molar-refractivity contribution in [3.8, 4) is 28.2 Å². The Morgan fingerprint density at radius 3 is 2.59 bits per heavy atom. The maximum absolute atomic E-state index is 13.4. The van der Waals surface area contributed by atoms with Gasteiger partial charge in [0.1, 0.15) is 40.8 Å². The van der Waals surface area contributed by atoms with E-state index < -0.39 is 11.8 Å². The summed E-state index contributed by atoms with van der Waals surface area (Å²) >= 11 is 0. The molecular formula is C23H18FN5O5. The minimum absolute atomic E-state index is 0.0382. The van der Waals surface area contributed by atoms with Crippen LogP contribution < -0.4 is 4.74 Å². The van der Waals surface area contributed by atoms with E-state index in [4.69, 9.17) is 13.7 Å². The van der Waals surface area contributed by atoms with Crippen molar-refractivity contribution in [3.63, 3.8) is 0 Å². The molecule has 3 heterocycles. The zero-order valence-electron chi connectivity index (χ0n) is 18.4. The monoisotopic (exact) mass is 463 g/mol. The molecule has 0 aliphatic rings. The molecule has 0 spiro atoms. The Morgan fingerprint density at radius 2 is 1.97 bits per heavy atom. The third-order valence-corrected chi connectivity index (χ3v) is 5.48. The van der Waals surface area contributed by atoms with Crippen molar-refractivity contribution in [1.29, 1.82) is 0 Å². The van der Waals surface area contributed by atoms with Crippen LogP contribution in [0.3, 0.4) is 0 Å². The van der Waals surface area contributed by atoms with Crippen LogP contribution in [0.2, 0.25) is 0 Å². The number of nitrogens with zero attached hydrogens (tertiary/aromatic N) is 5. The van der Waals surface area contributed by atoms with Gasteiger partial charge >= 0.3 is 5.97 Å². The summed E-state index contributed by atoms with van der Waals surface area (Å²) in [5.74, 6) is -0.105. The Bertz CT molecular complexity index is 1510. The molecule has 2 aromatic carbocycles. The van der Waals surface area contributed by atoms with Gasteiger partial charge in [-0.15, -0.1) is 5.10 Å². The van der Waals surface area contributed by atoms with Crippen LogP contribution in [0.15, 0.2) is 45.3 Å². The molecule has 0 saturated carbocycles. The fourth-order valence-corrected chi connectivity index (χ4v) is 3.83. The number of carboxylic acid groups (broad SMARTS) is 1. The van der Waals surface area contributed by atoms with Gasteiger partial charge in [-0.2, -0.15) is 0 Å². The normalized spacial score (nSPS) is 11.3. The third-order valence-electron chi connectivity index (χ3n) is 5.48. The van der Waals surface area contributed by atoms with Crippen LogP contribution in [-0.2, 0) is 13.7 Å². The number of tetrazole rings is 1. The molecule has 34 heavy (non-hydrogen) atoms. The largest absolute Gasteiger partial charge is 0.485 e. The minimum Gasteiger partial charge on any atom is -0.485 e. The number of carbonyl (C=O) groups is 1. The van der Waals surface area contributed by atoms with Gasteiger partial charge in [0.2, 0.25) is 0 Å². The SMILES string of the molecule is Cc1noc(C)c1-c1cc2oc(-c3ccc(F)cc3)c(C(=O)O)c2cc1OCc1nnnn1C. The number of fused-ring (bicyclic) bond motifs is 1. The average molecular weight is 463 g/mol. The second-order valence-corrected chi connectivity index (χ2v) is 7.67. The number of hydrogen-bond donors (Lipinski definition) is 1. The van der Waals surface area contributed by atoms with Gasteiger partial charge in [0.15, 0.2) is 5.82 Å². The van der Waals surface area contributed by atoms with Crippen molar-refractivity contribution >= 4 is 16.9 Å². The summed E-state index contributed by atoms with van der Waals surface area (Å²) < 4.78 is 32.3. The van der Waals surface area contributed by atoms with E-state index in [0.29, 0.717) is 50.7 Å². The molecule has 0 saturated heterocycles. The zero-order chi connectivity index (χ0) is 24.0. The highest BCUT2D eigenvalue weighted by Gasteiger charge is 2.26. The minimum atomic E-state index is -1.19. The number of aromatic carboxylic acids is 1. The van der Waals surface area contributed by atoms with Crippen LogP contribution in [0.5, 0.6) is 5.75 Å². The zero-order valence-corrected chi connectivity index (χ0v) is 18.4. The molecule has 3 aromatic heterocycles. The first kappa shape index (κ1) is 21.3. The number of carboxylic acids is 1. The smallest absolute Gasteiger partial charge is 0.340 e. The Balaban J connectivity index is 1.72. The number of halogens is 1. The molecule has 0 fully saturated rings. The van der Waals surface area contributed by atoms with Crippen molar-refractivity contribution in [2.24, 2.45) is 7.05 Å². The van der Waals surface area contributed by atoms with Gasteiger partial charge in [0, 0.05) is 23.6 Å². The maximum Gasteiger partial charge on any atom is 0.340 e. The van der Waals surface area contributed by atoms with Crippen molar-refractivity contribution in [2.75, 3.05) is 0 Å². The molecule has 1 N–H and O–H groups in total. The molecule has 0 radical (unpaired) electrons. The summed E-state index contributed by atoms with van der Waals surface area (Å²) in [6.45, 7) is 3.60. The Kier molecular flexibility index (Phi) is 5.08. The van der Waals surface area contributed by atoms with Gasteiger partial charge in [-0.3, -0.25) is 0 Å². The highest BCUT2D eigenvalue weighted by Crippen LogP contribution is 2.42. The van der Waals surface area contributed by atoms with E-state index in [1.54, 1.807) is 33.0 Å². The molecule has 11 heteroatoms. The second kappa shape index (κ2) is 8.10. The fourth-order valence-electron chi connectivity index (χ4n) is 3.83. The standard InChI is InChI=1S/C23H18FN5O5/c1-11-20(12(2)34-26-11)15-9-18-16(8-17(15)32-10-19-25-27-28-29(19)3)21(23(30)31)22(33-18)13-4-6-14(24)7-5-13/h4-9H,10H2,1-3H3,(H,30,31). The van der Waals surface area contributed by atoms with E-state index in [2.05, 4.69) is 20.7 Å². The van der Waals surface area contributed by atoms with Crippen LogP contribution >= 0.6 is 0 Å². The summed E-state index contributed by atoms with van der Waals surface area (Å²) in [7, 11) is 1.69. The molecule has 172 valence electrons. The van der Waals surface area contributed by atoms with Gasteiger partial charge in [0.05, 0.1) is 11.3 Å². The summed E-state index contributed by atoms with van der Waals surface area (Å²) in [4.78, 5) is 12.2. The van der Waals surface area contributed by atoms with Crippen molar-refractivity contribution in [1.82, 2.24) is 25.4 Å². The van der Waals surface area contributed by atoms with Crippen molar-refractivity contribution < 1.29 is 28.0 Å². The Hall–Kier alpha value is -4.54. The van der Waals surface area contributed by atoms with Gasteiger partial charge in [-0.1, -0.05) is 5.16 Å². The van der Waals surface area contributed by atoms with Gasteiger partial charge in [-0.25, -0.2) is 13.9 Å². The highest BCUT2D eigenvalue weighted by atomic mass is 19.1. The predicted molar refractivity (Wildman–Crippen MR) is 117 cm³/mol. The highest BCUT2D eigenvalue weighted by molar-refractivity contribution is 6.09. The van der Waals surface area contributed by atoms with Crippen LogP contribution in [0.1, 0.15) is 27.6 Å². The maximum atomic E-state index is 13.4. The number of furan rings is 1. The molecule has 0 atom stereocenters. The molecular weight excluding hydrogens is 445 g/mol. The lowest BCUT2D eigenvalue weighted by atomic mass is 9.99. The molecule has 0 amide bonds. The number of hydrogen-bond acceptors (Lipinski definition) is 8. The number of aryl methyl sites for hydroxylation is 3. The van der Waals surface area contributed by atoms with E-state index in [1.807, 2.05) is 0 Å². The lowest BCUT2D eigenvalue weighted by molar-refractivity contribution is 0.0699. The molecule has 0 aliphatic carbocycles. The number of ether oxygens (including phenoxy) is 1. The van der Waals surface area contributed by atoms with Crippen LogP contribution in [0.25, 0.3) is 33.4 Å². The molecule has 5 rings (SSSR count). The van der Waals surface area contributed by atoms with Gasteiger partial charge in [-0.05, 0) is 60.7 Å². The van der Waals surface area contributed by atoms with E-state index in [9.17, 15) is 14.3 Å². The first-order chi connectivity index (χ1) is 16.3. The Morgan fingerprint density at radius 1 is 1.21 bits per heavy atom. The quantitative estimate of drug-likeness (QED) is 0.391. The van der Waals surface area contributed by atoms with Crippen LogP contribution in [0, 0.1) is 19.7 Å². The number of rotatable bonds is 6. The first-order valence-electron chi connectivity index (χ1n) is 10.2. The topological polar surface area (TPSA) is 129 Å². The summed E-state index contributed by atoms with van der Waals surface area (Å²) in [6, 6.07) is 8.70. The molecule has 10 nitrogen and oxygen atoms in total. The van der Waals surface area contributed by atoms with E-state index >= 15 is 0 Å². The molecule has 0 aliphatic heterocycles. The van der Waals surface area contributed by atoms with Gasteiger partial charge < -0.3 is 18.8 Å². The Labute approximate surface area is 191 Å². The third kappa shape index (κ3) is 3.56. The predicted octanol–water partition coefficient (Wildman–Crippen LogP) is 4.31. The second-order valence-electron chi connectivity index (χ2n) is 7.67. The van der Waals surface area contributed by atoms with Crippen LogP contribution in [-0.4, -0.2) is 36.4 Å². The number of aromatic nitrogens is 5. The van der Waals surface area contributed by atoms with E-state index in [1.165, 1.54) is 28.9 Å². The lowest BCUT2D eigenvalue weighted by Gasteiger charge is -2.11. The van der Waals surface area contributed by atoms with Crippen molar-refractivity contribution in [3.05, 3.63) is 65.1 Å². The molecule has 0 unspecified atom stereocenters. The molecule has 0 bridgehead atoms. The number of benzene rings is 2. The van der Waals surface area contributed by atoms with E-state index in [-0.39, 0.29) is 17.9 Å². The first-order valence-corrected chi connectivity index (χ1v) is 10.2.